The zero-order valence-corrected chi connectivity index (χ0v) is 18.7. The fourth-order valence-electron chi connectivity index (χ4n) is 6.04. The summed E-state index contributed by atoms with van der Waals surface area (Å²) in [5, 5.41) is 10.8. The van der Waals surface area contributed by atoms with E-state index >= 15 is 0 Å². The summed E-state index contributed by atoms with van der Waals surface area (Å²) in [6, 6.07) is 13.4. The molecule has 3 N–H and O–H groups in total. The summed E-state index contributed by atoms with van der Waals surface area (Å²) in [7, 11) is 0. The van der Waals surface area contributed by atoms with Gasteiger partial charge in [-0.05, 0) is 67.3 Å². The average molecular weight is 438 g/mol. The Morgan fingerprint density at radius 3 is 2.77 bits per heavy atom. The third-order valence-corrected chi connectivity index (χ3v) is 8.13. The number of hydrogen-bond acceptors (Lipinski definition) is 3. The number of aryl methyl sites for hydroxylation is 1. The fourth-order valence-corrected chi connectivity index (χ4v) is 6.33. The normalized spacial score (nSPS) is 31.0. The number of amides is 2. The van der Waals surface area contributed by atoms with Crippen molar-refractivity contribution in [3.63, 3.8) is 0 Å². The van der Waals surface area contributed by atoms with Gasteiger partial charge in [0, 0.05) is 29.1 Å². The Morgan fingerprint density at radius 2 is 2.00 bits per heavy atom. The molecule has 4 aliphatic rings. The van der Waals surface area contributed by atoms with E-state index in [-0.39, 0.29) is 29.1 Å². The van der Waals surface area contributed by atoms with Gasteiger partial charge in [-0.25, -0.2) is 0 Å². The van der Waals surface area contributed by atoms with Crippen LogP contribution in [0.2, 0.25) is 5.02 Å². The van der Waals surface area contributed by atoms with Crippen LogP contribution in [0.25, 0.3) is 0 Å². The maximum absolute atomic E-state index is 13.3. The first-order valence-electron chi connectivity index (χ1n) is 11.0. The Bertz CT molecular complexity index is 1050. The molecule has 6 rings (SSSR count). The van der Waals surface area contributed by atoms with Crippen molar-refractivity contribution in [2.75, 3.05) is 5.32 Å². The molecule has 1 heterocycles. The Morgan fingerprint density at radius 1 is 1.19 bits per heavy atom. The van der Waals surface area contributed by atoms with Crippen molar-refractivity contribution in [1.82, 2.24) is 10.6 Å². The van der Waals surface area contributed by atoms with Crippen LogP contribution in [0.3, 0.4) is 0 Å². The highest BCUT2D eigenvalue weighted by Crippen LogP contribution is 2.58. The first-order valence-corrected chi connectivity index (χ1v) is 11.4. The van der Waals surface area contributed by atoms with E-state index < -0.39 is 5.66 Å². The minimum Gasteiger partial charge on any atom is -0.362 e. The highest BCUT2D eigenvalue weighted by molar-refractivity contribution is 6.31. The van der Waals surface area contributed by atoms with E-state index in [1.165, 1.54) is 0 Å². The molecule has 3 saturated carbocycles. The second-order valence-corrected chi connectivity index (χ2v) is 10.1. The molecule has 2 aromatic rings. The van der Waals surface area contributed by atoms with Crippen LogP contribution in [0.1, 0.15) is 54.1 Å². The number of carbonyl (C=O) groups excluding carboxylic acids is 2. The highest BCUT2D eigenvalue weighted by Gasteiger charge is 2.60. The molecule has 0 unspecified atom stereocenters. The van der Waals surface area contributed by atoms with Gasteiger partial charge in [0.1, 0.15) is 5.66 Å². The summed E-state index contributed by atoms with van der Waals surface area (Å²) in [6.45, 7) is 4.65. The molecule has 31 heavy (non-hydrogen) atoms. The lowest BCUT2D eigenvalue weighted by atomic mass is 9.51. The van der Waals surface area contributed by atoms with Crippen LogP contribution in [0.15, 0.2) is 42.5 Å². The van der Waals surface area contributed by atoms with E-state index in [1.807, 2.05) is 49.4 Å². The summed E-state index contributed by atoms with van der Waals surface area (Å²) in [6.07, 6.45) is 3.49. The first kappa shape index (κ1) is 20.4. The van der Waals surface area contributed by atoms with Crippen molar-refractivity contribution < 1.29 is 9.59 Å². The molecule has 2 aromatic carbocycles. The smallest absolute Gasteiger partial charge is 0.255 e. The molecule has 2 bridgehead atoms. The SMILES string of the molecule is Cc1cccc(Cl)c1CNC(=O)[C@@H]1C[C@H]2CC[C@]1(C)C[C@]21NC(=O)c2ccccc2N1. The maximum atomic E-state index is 13.3. The lowest BCUT2D eigenvalue weighted by Crippen LogP contribution is -2.70. The number of para-hydroxylation sites is 1. The minimum atomic E-state index is -0.478. The monoisotopic (exact) mass is 437 g/mol. The molecule has 4 atom stereocenters. The number of carbonyl (C=O) groups is 2. The van der Waals surface area contributed by atoms with Gasteiger partial charge in [-0.1, -0.05) is 42.8 Å². The van der Waals surface area contributed by atoms with E-state index in [1.54, 1.807) is 0 Å². The number of rotatable bonds is 3. The van der Waals surface area contributed by atoms with E-state index in [2.05, 4.69) is 22.9 Å². The first-order chi connectivity index (χ1) is 14.8. The van der Waals surface area contributed by atoms with Crippen molar-refractivity contribution in [2.45, 2.75) is 51.7 Å². The molecule has 0 saturated heterocycles. The molecule has 1 aliphatic heterocycles. The molecule has 0 radical (unpaired) electrons. The summed E-state index contributed by atoms with van der Waals surface area (Å²) < 4.78 is 0. The molecular formula is C25H28ClN3O2. The predicted octanol–water partition coefficient (Wildman–Crippen LogP) is 4.64. The Labute approximate surface area is 187 Å². The van der Waals surface area contributed by atoms with Crippen molar-refractivity contribution in [2.24, 2.45) is 17.3 Å². The number of nitrogens with one attached hydrogen (secondary N) is 3. The second-order valence-electron chi connectivity index (χ2n) is 9.70. The molecule has 2 amide bonds. The highest BCUT2D eigenvalue weighted by atomic mass is 35.5. The molecule has 6 heteroatoms. The van der Waals surface area contributed by atoms with Crippen molar-refractivity contribution in [1.29, 1.82) is 0 Å². The average Bonchev–Trinajstić information content (AvgIpc) is 2.73. The van der Waals surface area contributed by atoms with Crippen LogP contribution in [0, 0.1) is 24.2 Å². The van der Waals surface area contributed by atoms with E-state index in [0.717, 1.165) is 42.5 Å². The molecule has 162 valence electrons. The number of hydrogen-bond donors (Lipinski definition) is 3. The van der Waals surface area contributed by atoms with E-state index in [4.69, 9.17) is 11.6 Å². The van der Waals surface area contributed by atoms with Crippen LogP contribution in [0.4, 0.5) is 5.69 Å². The third-order valence-electron chi connectivity index (χ3n) is 7.78. The summed E-state index contributed by atoms with van der Waals surface area (Å²) in [5.41, 5.74) is 2.96. The standard InChI is InChI=1S/C25H28ClN3O2/c1-15-6-5-8-20(26)18(15)13-27-23(31)19-12-16-10-11-24(19,2)14-25(16)28-21-9-4-3-7-17(21)22(30)29-25/h3-9,16,19,28H,10-14H2,1-2H3,(H,27,31)(H,29,30)/t16-,19+,24-,25+/m1/s1. The zero-order valence-electron chi connectivity index (χ0n) is 17.9. The summed E-state index contributed by atoms with van der Waals surface area (Å²) in [5.74, 6) is 0.199. The molecule has 3 aliphatic carbocycles. The topological polar surface area (TPSA) is 70.2 Å². The number of anilines is 1. The quantitative estimate of drug-likeness (QED) is 0.655. The van der Waals surface area contributed by atoms with E-state index in [9.17, 15) is 9.59 Å². The van der Waals surface area contributed by atoms with Crippen LogP contribution >= 0.6 is 11.6 Å². The van der Waals surface area contributed by atoms with Gasteiger partial charge in [0.2, 0.25) is 5.91 Å². The van der Waals surface area contributed by atoms with Gasteiger partial charge in [-0.2, -0.15) is 0 Å². The second kappa shape index (κ2) is 7.27. The van der Waals surface area contributed by atoms with Crippen LogP contribution in [0.5, 0.6) is 0 Å². The van der Waals surface area contributed by atoms with Crippen LogP contribution in [-0.4, -0.2) is 17.5 Å². The zero-order chi connectivity index (χ0) is 21.8. The van der Waals surface area contributed by atoms with Gasteiger partial charge in [0.05, 0.1) is 5.56 Å². The van der Waals surface area contributed by atoms with Gasteiger partial charge in [0.15, 0.2) is 0 Å². The molecule has 1 spiro atoms. The molecular weight excluding hydrogens is 410 g/mol. The van der Waals surface area contributed by atoms with Gasteiger partial charge in [-0.3, -0.25) is 9.59 Å². The van der Waals surface area contributed by atoms with Crippen molar-refractivity contribution in [3.8, 4) is 0 Å². The van der Waals surface area contributed by atoms with E-state index in [0.29, 0.717) is 17.1 Å². The molecule has 5 nitrogen and oxygen atoms in total. The van der Waals surface area contributed by atoms with Crippen LogP contribution in [-0.2, 0) is 11.3 Å². The Balaban J connectivity index is 1.35. The Kier molecular flexibility index (Phi) is 4.78. The predicted molar refractivity (Wildman–Crippen MR) is 122 cm³/mol. The summed E-state index contributed by atoms with van der Waals surface area (Å²) in [4.78, 5) is 26.1. The van der Waals surface area contributed by atoms with Gasteiger partial charge >= 0.3 is 0 Å². The van der Waals surface area contributed by atoms with Crippen LogP contribution < -0.4 is 16.0 Å². The Hall–Kier alpha value is -2.53. The minimum absolute atomic E-state index is 0.0271. The molecule has 3 fully saturated rings. The van der Waals surface area contributed by atoms with Crippen molar-refractivity contribution in [3.05, 3.63) is 64.2 Å². The lowest BCUT2D eigenvalue weighted by Gasteiger charge is -2.60. The van der Waals surface area contributed by atoms with Gasteiger partial charge < -0.3 is 16.0 Å². The van der Waals surface area contributed by atoms with Gasteiger partial charge in [-0.15, -0.1) is 0 Å². The third kappa shape index (κ3) is 3.30. The summed E-state index contributed by atoms with van der Waals surface area (Å²) >= 11 is 6.34. The maximum Gasteiger partial charge on any atom is 0.255 e. The number of fused-ring (bicyclic) bond motifs is 3. The largest absolute Gasteiger partial charge is 0.362 e. The van der Waals surface area contributed by atoms with Gasteiger partial charge in [0.25, 0.3) is 5.91 Å². The lowest BCUT2D eigenvalue weighted by molar-refractivity contribution is -0.139. The molecule has 0 aromatic heterocycles. The number of halogens is 1. The number of benzene rings is 2. The van der Waals surface area contributed by atoms with Crippen molar-refractivity contribution >= 4 is 29.1 Å². The fraction of sp³-hybridized carbons (Fsp3) is 0.440.